The topological polar surface area (TPSA) is 81.3 Å². The Hall–Kier alpha value is -3.65. The summed E-state index contributed by atoms with van der Waals surface area (Å²) in [6.07, 6.45) is 0.751. The van der Waals surface area contributed by atoms with Gasteiger partial charge in [-0.3, -0.25) is 4.79 Å². The molecule has 2 aromatic heterocycles. The molecule has 0 spiro atoms. The zero-order valence-corrected chi connectivity index (χ0v) is 20.1. The SMILES string of the molecule is CC(=O)Nc1ccccc1-c1cc2c(s1)C(NCCc1c(C)[nH]c3c(F)ccc(C)c13)=NCN2. The van der Waals surface area contributed by atoms with Crippen molar-refractivity contribution in [3.05, 3.63) is 70.0 Å². The van der Waals surface area contributed by atoms with Crippen molar-refractivity contribution >= 4 is 45.4 Å². The van der Waals surface area contributed by atoms with E-state index in [4.69, 9.17) is 0 Å². The highest BCUT2D eigenvalue weighted by Crippen LogP contribution is 2.39. The van der Waals surface area contributed by atoms with Gasteiger partial charge in [0.2, 0.25) is 5.91 Å². The lowest BCUT2D eigenvalue weighted by molar-refractivity contribution is -0.114. The number of hydrogen-bond acceptors (Lipinski definition) is 5. The van der Waals surface area contributed by atoms with Crippen molar-refractivity contribution in [3.8, 4) is 10.4 Å². The van der Waals surface area contributed by atoms with Crippen molar-refractivity contribution in [2.45, 2.75) is 27.2 Å². The number of aryl methyl sites for hydroxylation is 2. The maximum Gasteiger partial charge on any atom is 0.221 e. The Balaban J connectivity index is 1.37. The molecule has 0 saturated heterocycles. The number of para-hydroxylation sites is 1. The molecule has 0 radical (unpaired) electrons. The van der Waals surface area contributed by atoms with Crippen LogP contribution in [0.5, 0.6) is 0 Å². The average molecular weight is 476 g/mol. The van der Waals surface area contributed by atoms with Crippen molar-refractivity contribution < 1.29 is 9.18 Å². The summed E-state index contributed by atoms with van der Waals surface area (Å²) >= 11 is 1.63. The standard InChI is InChI=1S/C26H26FN5OS/c1-14-8-9-19(27)24-23(14)17(15(2)31-24)10-11-28-26-25-21(29-13-30-26)12-22(34-25)18-6-4-5-7-20(18)32-16(3)33/h4-9,12,29,31H,10-11,13H2,1-3H3,(H,28,30)(H,32,33). The largest absolute Gasteiger partial charge is 0.369 e. The molecule has 1 aliphatic rings. The van der Waals surface area contributed by atoms with Gasteiger partial charge in [-0.15, -0.1) is 11.3 Å². The molecule has 34 heavy (non-hydrogen) atoms. The summed E-state index contributed by atoms with van der Waals surface area (Å²) in [7, 11) is 0. The van der Waals surface area contributed by atoms with Crippen LogP contribution in [0, 0.1) is 19.7 Å². The number of carbonyl (C=O) groups excluding carboxylic acids is 1. The molecule has 1 aliphatic heterocycles. The van der Waals surface area contributed by atoms with Gasteiger partial charge in [0.25, 0.3) is 0 Å². The molecule has 5 rings (SSSR count). The molecule has 0 fully saturated rings. The Kier molecular flexibility index (Phi) is 5.83. The first-order chi connectivity index (χ1) is 16.4. The van der Waals surface area contributed by atoms with Crippen molar-refractivity contribution in [3.63, 3.8) is 0 Å². The summed E-state index contributed by atoms with van der Waals surface area (Å²) in [6.45, 7) is 6.69. The number of amidine groups is 1. The number of fused-ring (bicyclic) bond motifs is 2. The number of nitrogens with zero attached hydrogens (tertiary/aromatic N) is 1. The first-order valence-electron chi connectivity index (χ1n) is 11.2. The van der Waals surface area contributed by atoms with Crippen LogP contribution in [0.3, 0.4) is 0 Å². The first kappa shape index (κ1) is 22.2. The third-order valence-electron chi connectivity index (χ3n) is 6.05. The Labute approximate surface area is 201 Å². The van der Waals surface area contributed by atoms with Crippen LogP contribution in [0.15, 0.2) is 47.5 Å². The molecule has 0 atom stereocenters. The Morgan fingerprint density at radius 1 is 1.21 bits per heavy atom. The summed E-state index contributed by atoms with van der Waals surface area (Å²) in [4.78, 5) is 21.6. The Bertz CT molecular complexity index is 1430. The number of benzene rings is 2. The fraction of sp³-hybridized carbons (Fsp3) is 0.231. The second kappa shape index (κ2) is 8.95. The van der Waals surface area contributed by atoms with E-state index in [1.54, 1.807) is 11.3 Å². The molecule has 4 aromatic rings. The van der Waals surface area contributed by atoms with Gasteiger partial charge in [0, 0.05) is 40.7 Å². The molecule has 6 nitrogen and oxygen atoms in total. The maximum atomic E-state index is 14.3. The number of anilines is 2. The van der Waals surface area contributed by atoms with E-state index in [2.05, 4.69) is 32.0 Å². The summed E-state index contributed by atoms with van der Waals surface area (Å²) in [5.74, 6) is 0.529. The second-order valence-electron chi connectivity index (χ2n) is 8.44. The third-order valence-corrected chi connectivity index (χ3v) is 7.23. The van der Waals surface area contributed by atoms with E-state index in [1.165, 1.54) is 13.0 Å². The summed E-state index contributed by atoms with van der Waals surface area (Å²) in [5, 5.41) is 10.7. The van der Waals surface area contributed by atoms with Crippen molar-refractivity contribution in [2.75, 3.05) is 23.8 Å². The van der Waals surface area contributed by atoms with Crippen LogP contribution in [0.2, 0.25) is 0 Å². The van der Waals surface area contributed by atoms with E-state index in [9.17, 15) is 9.18 Å². The number of aliphatic imine (C=N–C) groups is 1. The molecule has 2 aromatic carbocycles. The Morgan fingerprint density at radius 2 is 2.03 bits per heavy atom. The summed E-state index contributed by atoms with van der Waals surface area (Å²) in [6, 6.07) is 13.2. The van der Waals surface area contributed by atoms with E-state index >= 15 is 0 Å². The van der Waals surface area contributed by atoms with Crippen LogP contribution in [0.4, 0.5) is 15.8 Å². The minimum absolute atomic E-state index is 0.0986. The number of amides is 1. The van der Waals surface area contributed by atoms with Crippen LogP contribution in [0.1, 0.15) is 28.6 Å². The van der Waals surface area contributed by atoms with Crippen LogP contribution in [0.25, 0.3) is 21.3 Å². The van der Waals surface area contributed by atoms with Crippen LogP contribution >= 0.6 is 11.3 Å². The van der Waals surface area contributed by atoms with Gasteiger partial charge >= 0.3 is 0 Å². The van der Waals surface area contributed by atoms with Gasteiger partial charge in [0.15, 0.2) is 0 Å². The highest BCUT2D eigenvalue weighted by molar-refractivity contribution is 7.18. The summed E-state index contributed by atoms with van der Waals surface area (Å²) < 4.78 is 14.3. The molecular weight excluding hydrogens is 449 g/mol. The van der Waals surface area contributed by atoms with Gasteiger partial charge in [0.05, 0.1) is 16.1 Å². The number of carbonyl (C=O) groups is 1. The van der Waals surface area contributed by atoms with Gasteiger partial charge in [-0.25, -0.2) is 9.38 Å². The van der Waals surface area contributed by atoms with Gasteiger partial charge in [-0.2, -0.15) is 0 Å². The molecule has 8 heteroatoms. The molecular formula is C26H26FN5OS. The summed E-state index contributed by atoms with van der Waals surface area (Å²) in [5.41, 5.74) is 6.56. The number of thiophene rings is 1. The molecule has 0 saturated carbocycles. The van der Waals surface area contributed by atoms with Crippen LogP contribution in [-0.4, -0.2) is 29.9 Å². The molecule has 174 valence electrons. The highest BCUT2D eigenvalue weighted by atomic mass is 32.1. The van der Waals surface area contributed by atoms with Gasteiger partial charge in [-0.05, 0) is 49.6 Å². The van der Waals surface area contributed by atoms with Crippen LogP contribution < -0.4 is 16.0 Å². The lowest BCUT2D eigenvalue weighted by Gasteiger charge is -2.16. The zero-order chi connectivity index (χ0) is 23.8. The maximum absolute atomic E-state index is 14.3. The minimum atomic E-state index is -0.221. The fourth-order valence-electron chi connectivity index (χ4n) is 4.50. The molecule has 0 aliphatic carbocycles. The minimum Gasteiger partial charge on any atom is -0.369 e. The number of H-pyrrole nitrogens is 1. The fourth-order valence-corrected chi connectivity index (χ4v) is 5.66. The average Bonchev–Trinajstić information content (AvgIpc) is 3.39. The number of aromatic amines is 1. The van der Waals surface area contributed by atoms with E-state index < -0.39 is 0 Å². The van der Waals surface area contributed by atoms with E-state index in [1.807, 2.05) is 44.2 Å². The highest BCUT2D eigenvalue weighted by Gasteiger charge is 2.20. The molecule has 3 heterocycles. The zero-order valence-electron chi connectivity index (χ0n) is 19.3. The number of hydrogen-bond donors (Lipinski definition) is 4. The lowest BCUT2D eigenvalue weighted by Crippen LogP contribution is -2.29. The third kappa shape index (κ3) is 4.05. The quantitative estimate of drug-likeness (QED) is 0.305. The van der Waals surface area contributed by atoms with E-state index in [-0.39, 0.29) is 11.7 Å². The van der Waals surface area contributed by atoms with Crippen molar-refractivity contribution in [1.82, 2.24) is 10.3 Å². The molecule has 0 unspecified atom stereocenters. The smallest absolute Gasteiger partial charge is 0.221 e. The van der Waals surface area contributed by atoms with Gasteiger partial charge in [0.1, 0.15) is 18.3 Å². The van der Waals surface area contributed by atoms with Crippen molar-refractivity contribution in [1.29, 1.82) is 0 Å². The first-order valence-corrected chi connectivity index (χ1v) is 12.0. The van der Waals surface area contributed by atoms with E-state index in [0.717, 1.165) is 61.2 Å². The normalized spacial score (nSPS) is 12.8. The lowest BCUT2D eigenvalue weighted by atomic mass is 10.0. The van der Waals surface area contributed by atoms with Gasteiger partial charge in [-0.1, -0.05) is 24.3 Å². The monoisotopic (exact) mass is 475 g/mol. The molecule has 4 N–H and O–H groups in total. The number of nitrogens with one attached hydrogen (secondary N) is 4. The molecule has 0 bridgehead atoms. The van der Waals surface area contributed by atoms with Gasteiger partial charge < -0.3 is 20.9 Å². The predicted molar refractivity (Wildman–Crippen MR) is 139 cm³/mol. The molecule has 1 amide bonds. The Morgan fingerprint density at radius 3 is 2.85 bits per heavy atom. The number of rotatable bonds is 5. The predicted octanol–water partition coefficient (Wildman–Crippen LogP) is 5.57. The number of halogens is 1. The second-order valence-corrected chi connectivity index (χ2v) is 9.49. The van der Waals surface area contributed by atoms with Crippen molar-refractivity contribution in [2.24, 2.45) is 4.99 Å². The number of aromatic nitrogens is 1. The van der Waals surface area contributed by atoms with Crippen LogP contribution in [-0.2, 0) is 11.2 Å². The van der Waals surface area contributed by atoms with E-state index in [0.29, 0.717) is 18.7 Å².